The van der Waals surface area contributed by atoms with E-state index in [-0.39, 0.29) is 6.42 Å². The fourth-order valence-electron chi connectivity index (χ4n) is 3.58. The van der Waals surface area contributed by atoms with Crippen molar-refractivity contribution in [2.24, 2.45) is 0 Å². The second-order valence-corrected chi connectivity index (χ2v) is 6.66. The van der Waals surface area contributed by atoms with E-state index in [1.165, 1.54) is 0 Å². The number of hydrogen-bond acceptors (Lipinski definition) is 3. The fourth-order valence-corrected chi connectivity index (χ4v) is 3.58. The maximum absolute atomic E-state index is 12.8. The van der Waals surface area contributed by atoms with Crippen molar-refractivity contribution in [1.82, 2.24) is 10.3 Å². The number of rotatable bonds is 5. The molecule has 0 unspecified atom stereocenters. The molecular weight excluding hydrogens is 344 g/mol. The first-order chi connectivity index (χ1) is 13.1. The summed E-state index contributed by atoms with van der Waals surface area (Å²) in [6.45, 7) is 0.440. The van der Waals surface area contributed by atoms with Crippen molar-refractivity contribution in [3.63, 3.8) is 0 Å². The molecule has 2 aromatic carbocycles. The van der Waals surface area contributed by atoms with Gasteiger partial charge in [-0.2, -0.15) is 0 Å². The van der Waals surface area contributed by atoms with Crippen molar-refractivity contribution in [2.45, 2.75) is 25.0 Å². The number of nitrogens with one attached hydrogen (secondary N) is 2. The van der Waals surface area contributed by atoms with Gasteiger partial charge >= 0.3 is 5.97 Å². The number of amides is 1. The first kappa shape index (κ1) is 17.3. The molecule has 1 aliphatic rings. The van der Waals surface area contributed by atoms with Gasteiger partial charge in [0.05, 0.1) is 6.61 Å². The van der Waals surface area contributed by atoms with Crippen LogP contribution in [0.25, 0.3) is 10.9 Å². The molecule has 0 spiro atoms. The van der Waals surface area contributed by atoms with Crippen LogP contribution in [0.1, 0.15) is 22.8 Å². The van der Waals surface area contributed by atoms with E-state index in [2.05, 4.69) is 10.3 Å². The SMILES string of the molecule is O=C(O)[C@@H](Cc1c[nH]c2ccccc12)NC(=O)[C@@H]1OCCc2ccccc21. The van der Waals surface area contributed by atoms with Crippen molar-refractivity contribution in [3.05, 3.63) is 71.4 Å². The van der Waals surface area contributed by atoms with E-state index in [1.807, 2.05) is 48.5 Å². The topological polar surface area (TPSA) is 91.4 Å². The summed E-state index contributed by atoms with van der Waals surface area (Å²) in [5.41, 5.74) is 3.65. The van der Waals surface area contributed by atoms with E-state index in [4.69, 9.17) is 4.74 Å². The molecule has 138 valence electrons. The number of ether oxygens (including phenoxy) is 1. The van der Waals surface area contributed by atoms with Crippen LogP contribution in [0.5, 0.6) is 0 Å². The maximum Gasteiger partial charge on any atom is 0.326 e. The highest BCUT2D eigenvalue weighted by molar-refractivity contribution is 5.89. The Morgan fingerprint density at radius 2 is 1.96 bits per heavy atom. The first-order valence-electron chi connectivity index (χ1n) is 8.91. The van der Waals surface area contributed by atoms with Crippen LogP contribution in [0, 0.1) is 0 Å². The van der Waals surface area contributed by atoms with Crippen LogP contribution < -0.4 is 5.32 Å². The molecule has 4 rings (SSSR count). The Morgan fingerprint density at radius 1 is 1.19 bits per heavy atom. The molecule has 3 aromatic rings. The molecule has 3 N–H and O–H groups in total. The molecule has 6 heteroatoms. The Balaban J connectivity index is 1.54. The van der Waals surface area contributed by atoms with Crippen LogP contribution in [0.3, 0.4) is 0 Å². The number of H-pyrrole nitrogens is 1. The minimum Gasteiger partial charge on any atom is -0.480 e. The van der Waals surface area contributed by atoms with Crippen LogP contribution in [0.15, 0.2) is 54.7 Å². The Hall–Kier alpha value is -3.12. The van der Waals surface area contributed by atoms with E-state index >= 15 is 0 Å². The Labute approximate surface area is 156 Å². The highest BCUT2D eigenvalue weighted by Crippen LogP contribution is 2.27. The monoisotopic (exact) mass is 364 g/mol. The molecule has 0 radical (unpaired) electrons. The number of aromatic nitrogens is 1. The zero-order valence-electron chi connectivity index (χ0n) is 14.6. The lowest BCUT2D eigenvalue weighted by atomic mass is 9.96. The van der Waals surface area contributed by atoms with Gasteiger partial charge in [-0.1, -0.05) is 42.5 Å². The van der Waals surface area contributed by atoms with Gasteiger partial charge in [-0.05, 0) is 29.2 Å². The first-order valence-corrected chi connectivity index (χ1v) is 8.91. The standard InChI is InChI=1S/C21H20N2O4/c24-20(19-16-7-2-1-5-13(16)9-10-27-19)23-18(21(25)26)11-14-12-22-17-8-4-3-6-15(14)17/h1-8,12,18-19,22H,9-11H2,(H,23,24)(H,25,26)/t18-,19-/m1/s1. The average molecular weight is 364 g/mol. The zero-order valence-corrected chi connectivity index (χ0v) is 14.6. The summed E-state index contributed by atoms with van der Waals surface area (Å²) in [5.74, 6) is -1.49. The maximum atomic E-state index is 12.8. The van der Waals surface area contributed by atoms with Gasteiger partial charge in [0.25, 0.3) is 5.91 Å². The third-order valence-electron chi connectivity index (χ3n) is 4.95. The summed E-state index contributed by atoms with van der Waals surface area (Å²) in [6, 6.07) is 14.3. The lowest BCUT2D eigenvalue weighted by Gasteiger charge is -2.26. The summed E-state index contributed by atoms with van der Waals surface area (Å²) < 4.78 is 5.64. The van der Waals surface area contributed by atoms with Crippen LogP contribution in [0.4, 0.5) is 0 Å². The van der Waals surface area contributed by atoms with Gasteiger partial charge in [-0.25, -0.2) is 4.79 Å². The van der Waals surface area contributed by atoms with E-state index in [0.717, 1.165) is 34.0 Å². The lowest BCUT2D eigenvalue weighted by Crippen LogP contribution is -2.45. The van der Waals surface area contributed by atoms with Crippen LogP contribution >= 0.6 is 0 Å². The van der Waals surface area contributed by atoms with E-state index in [1.54, 1.807) is 6.20 Å². The summed E-state index contributed by atoms with van der Waals surface area (Å²) >= 11 is 0. The minimum atomic E-state index is -1.07. The summed E-state index contributed by atoms with van der Waals surface area (Å²) in [5, 5.41) is 13.2. The number of carbonyl (C=O) groups excluding carboxylic acids is 1. The quantitative estimate of drug-likeness (QED) is 0.649. The van der Waals surface area contributed by atoms with Crippen molar-refractivity contribution in [2.75, 3.05) is 6.61 Å². The van der Waals surface area contributed by atoms with Gasteiger partial charge in [0.1, 0.15) is 6.04 Å². The van der Waals surface area contributed by atoms with E-state index < -0.39 is 24.0 Å². The van der Waals surface area contributed by atoms with Crippen LogP contribution in [0.2, 0.25) is 0 Å². The van der Waals surface area contributed by atoms with Gasteiger partial charge in [0, 0.05) is 23.5 Å². The van der Waals surface area contributed by atoms with Gasteiger partial charge in [0.2, 0.25) is 0 Å². The molecule has 0 saturated carbocycles. The zero-order chi connectivity index (χ0) is 18.8. The Morgan fingerprint density at radius 3 is 2.81 bits per heavy atom. The molecule has 0 aliphatic carbocycles. The molecule has 1 amide bonds. The number of aliphatic carboxylic acids is 1. The number of carboxylic acid groups (broad SMARTS) is 1. The average Bonchev–Trinajstić information content (AvgIpc) is 3.10. The molecule has 6 nitrogen and oxygen atoms in total. The summed E-state index contributed by atoms with van der Waals surface area (Å²) in [7, 11) is 0. The predicted molar refractivity (Wildman–Crippen MR) is 100 cm³/mol. The third kappa shape index (κ3) is 3.44. The van der Waals surface area contributed by atoms with Gasteiger partial charge < -0.3 is 20.1 Å². The second kappa shape index (κ2) is 7.25. The summed E-state index contributed by atoms with van der Waals surface area (Å²) in [6.07, 6.45) is 1.95. The highest BCUT2D eigenvalue weighted by atomic mass is 16.5. The van der Waals surface area contributed by atoms with E-state index in [9.17, 15) is 14.7 Å². The molecule has 1 aromatic heterocycles. The van der Waals surface area contributed by atoms with Crippen molar-refractivity contribution >= 4 is 22.8 Å². The molecule has 2 heterocycles. The molecule has 1 aliphatic heterocycles. The molecular formula is C21H20N2O4. The predicted octanol–water partition coefficient (Wildman–Crippen LogP) is 2.59. The Kier molecular flexibility index (Phi) is 4.64. The number of fused-ring (bicyclic) bond motifs is 2. The second-order valence-electron chi connectivity index (χ2n) is 6.66. The molecule has 0 saturated heterocycles. The highest BCUT2D eigenvalue weighted by Gasteiger charge is 2.30. The van der Waals surface area contributed by atoms with Crippen molar-refractivity contribution in [3.8, 4) is 0 Å². The van der Waals surface area contributed by atoms with Gasteiger partial charge in [0.15, 0.2) is 6.10 Å². The third-order valence-corrected chi connectivity index (χ3v) is 4.95. The van der Waals surface area contributed by atoms with Crippen molar-refractivity contribution in [1.29, 1.82) is 0 Å². The largest absolute Gasteiger partial charge is 0.480 e. The minimum absolute atomic E-state index is 0.194. The number of para-hydroxylation sites is 1. The number of hydrogen-bond donors (Lipinski definition) is 3. The number of carbonyl (C=O) groups is 2. The normalized spacial score (nSPS) is 17.3. The number of benzene rings is 2. The van der Waals surface area contributed by atoms with Gasteiger partial charge in [-0.15, -0.1) is 0 Å². The van der Waals surface area contributed by atoms with Gasteiger partial charge in [-0.3, -0.25) is 4.79 Å². The number of aromatic amines is 1. The molecule has 2 atom stereocenters. The summed E-state index contributed by atoms with van der Waals surface area (Å²) in [4.78, 5) is 27.7. The molecule has 0 fully saturated rings. The van der Waals surface area contributed by atoms with E-state index in [0.29, 0.717) is 6.61 Å². The smallest absolute Gasteiger partial charge is 0.326 e. The van der Waals surface area contributed by atoms with Crippen LogP contribution in [-0.4, -0.2) is 34.6 Å². The molecule has 0 bridgehead atoms. The Bertz CT molecular complexity index is 995. The van der Waals surface area contributed by atoms with Crippen molar-refractivity contribution < 1.29 is 19.4 Å². The lowest BCUT2D eigenvalue weighted by molar-refractivity contribution is -0.144. The fraction of sp³-hybridized carbons (Fsp3) is 0.238. The number of carboxylic acids is 1. The molecule has 27 heavy (non-hydrogen) atoms. The van der Waals surface area contributed by atoms with Crippen LogP contribution in [-0.2, 0) is 27.2 Å².